The van der Waals surface area contributed by atoms with Crippen LogP contribution in [-0.4, -0.2) is 4.98 Å². The Bertz CT molecular complexity index is 330. The average molecular weight is 210 g/mol. The first-order chi connectivity index (χ1) is 6.58. The van der Waals surface area contributed by atoms with Crippen molar-refractivity contribution in [2.45, 2.75) is 45.6 Å². The minimum atomic E-state index is 0.0908. The minimum absolute atomic E-state index is 0.0908. The van der Waals surface area contributed by atoms with E-state index in [0.29, 0.717) is 5.92 Å². The molecule has 0 fully saturated rings. The lowest BCUT2D eigenvalue weighted by molar-refractivity contribution is 0.449. The summed E-state index contributed by atoms with van der Waals surface area (Å²) in [7, 11) is 0. The predicted octanol–water partition coefficient (Wildman–Crippen LogP) is 2.85. The highest BCUT2D eigenvalue weighted by molar-refractivity contribution is 7.11. The van der Waals surface area contributed by atoms with Crippen LogP contribution in [0.3, 0.4) is 0 Å². The van der Waals surface area contributed by atoms with Gasteiger partial charge in [-0.2, -0.15) is 0 Å². The Balaban J connectivity index is 2.35. The van der Waals surface area contributed by atoms with Crippen LogP contribution in [0.2, 0.25) is 0 Å². The molecule has 14 heavy (non-hydrogen) atoms. The summed E-state index contributed by atoms with van der Waals surface area (Å²) in [5.74, 6) is 1.46. The lowest BCUT2D eigenvalue weighted by atomic mass is 9.86. The van der Waals surface area contributed by atoms with Gasteiger partial charge in [0.1, 0.15) is 5.01 Å². The van der Waals surface area contributed by atoms with Crippen LogP contribution in [0.15, 0.2) is 0 Å². The number of thiazole rings is 1. The maximum atomic E-state index is 5.85. The molecule has 0 radical (unpaired) electrons. The van der Waals surface area contributed by atoms with Gasteiger partial charge in [0.15, 0.2) is 0 Å². The Labute approximate surface area is 89.5 Å². The molecule has 0 aliphatic heterocycles. The standard InChI is InChI=1S/C11H18N2S/c1-6-4-7(2)10-9(5-6)13-11(14-10)8(3)12/h6-8H,4-5,12H2,1-3H3/t6?,7?,8-/m1/s1. The molecule has 2 unspecified atom stereocenters. The summed E-state index contributed by atoms with van der Waals surface area (Å²) < 4.78 is 0. The van der Waals surface area contributed by atoms with Crippen molar-refractivity contribution in [3.63, 3.8) is 0 Å². The molecule has 1 heterocycles. The van der Waals surface area contributed by atoms with Crippen molar-refractivity contribution in [2.24, 2.45) is 11.7 Å². The van der Waals surface area contributed by atoms with Crippen LogP contribution in [-0.2, 0) is 6.42 Å². The Morgan fingerprint density at radius 2 is 2.21 bits per heavy atom. The van der Waals surface area contributed by atoms with Gasteiger partial charge in [-0.15, -0.1) is 11.3 Å². The summed E-state index contributed by atoms with van der Waals surface area (Å²) >= 11 is 1.82. The van der Waals surface area contributed by atoms with Crippen molar-refractivity contribution in [2.75, 3.05) is 0 Å². The zero-order valence-corrected chi connectivity index (χ0v) is 9.90. The van der Waals surface area contributed by atoms with Crippen molar-refractivity contribution in [1.29, 1.82) is 0 Å². The fourth-order valence-corrected chi connectivity index (χ4v) is 3.34. The molecule has 78 valence electrons. The van der Waals surface area contributed by atoms with Crippen LogP contribution in [0.5, 0.6) is 0 Å². The van der Waals surface area contributed by atoms with E-state index in [9.17, 15) is 0 Å². The first-order valence-corrected chi connectivity index (χ1v) is 6.14. The zero-order chi connectivity index (χ0) is 10.3. The van der Waals surface area contributed by atoms with Crippen LogP contribution in [0, 0.1) is 5.92 Å². The largest absolute Gasteiger partial charge is 0.322 e. The summed E-state index contributed by atoms with van der Waals surface area (Å²) in [6.07, 6.45) is 2.44. The van der Waals surface area contributed by atoms with E-state index < -0.39 is 0 Å². The molecule has 0 spiro atoms. The molecule has 0 saturated carbocycles. The lowest BCUT2D eigenvalue weighted by Gasteiger charge is -2.22. The summed E-state index contributed by atoms with van der Waals surface area (Å²) in [5.41, 5.74) is 7.17. The van der Waals surface area contributed by atoms with Gasteiger partial charge in [-0.1, -0.05) is 13.8 Å². The Kier molecular flexibility index (Phi) is 2.62. The lowest BCUT2D eigenvalue weighted by Crippen LogP contribution is -2.13. The molecule has 0 amide bonds. The second kappa shape index (κ2) is 3.63. The van der Waals surface area contributed by atoms with Gasteiger partial charge in [0.25, 0.3) is 0 Å². The summed E-state index contributed by atoms with van der Waals surface area (Å²) in [5, 5.41) is 1.11. The van der Waals surface area contributed by atoms with Gasteiger partial charge in [0.2, 0.25) is 0 Å². The number of hydrogen-bond acceptors (Lipinski definition) is 3. The van der Waals surface area contributed by atoms with E-state index in [1.54, 1.807) is 0 Å². The van der Waals surface area contributed by atoms with E-state index in [-0.39, 0.29) is 6.04 Å². The molecule has 3 atom stereocenters. The topological polar surface area (TPSA) is 38.9 Å². The van der Waals surface area contributed by atoms with Crippen LogP contribution in [0.25, 0.3) is 0 Å². The molecule has 2 nitrogen and oxygen atoms in total. The maximum Gasteiger partial charge on any atom is 0.110 e. The zero-order valence-electron chi connectivity index (χ0n) is 9.08. The van der Waals surface area contributed by atoms with Crippen molar-refractivity contribution in [3.05, 3.63) is 15.6 Å². The van der Waals surface area contributed by atoms with Gasteiger partial charge in [0, 0.05) is 4.88 Å². The quantitative estimate of drug-likeness (QED) is 0.774. The van der Waals surface area contributed by atoms with Gasteiger partial charge < -0.3 is 5.73 Å². The van der Waals surface area contributed by atoms with E-state index >= 15 is 0 Å². The van der Waals surface area contributed by atoms with Gasteiger partial charge >= 0.3 is 0 Å². The number of aromatic nitrogens is 1. The van der Waals surface area contributed by atoms with Crippen molar-refractivity contribution in [3.8, 4) is 0 Å². The number of hydrogen-bond donors (Lipinski definition) is 1. The average Bonchev–Trinajstić information content (AvgIpc) is 2.47. The molecule has 3 heteroatoms. The molecular weight excluding hydrogens is 192 g/mol. The highest BCUT2D eigenvalue weighted by Crippen LogP contribution is 2.38. The fraction of sp³-hybridized carbons (Fsp3) is 0.727. The summed E-state index contributed by atoms with van der Waals surface area (Å²) in [6.45, 7) is 6.63. The normalized spacial score (nSPS) is 28.6. The first kappa shape index (κ1) is 10.1. The van der Waals surface area contributed by atoms with Crippen LogP contribution < -0.4 is 5.73 Å². The highest BCUT2D eigenvalue weighted by atomic mass is 32.1. The second-order valence-corrected chi connectivity index (χ2v) is 5.66. The van der Waals surface area contributed by atoms with Crippen molar-refractivity contribution >= 4 is 11.3 Å². The Morgan fingerprint density at radius 3 is 2.86 bits per heavy atom. The third-order valence-corrected chi connectivity index (χ3v) is 4.41. The highest BCUT2D eigenvalue weighted by Gasteiger charge is 2.25. The Morgan fingerprint density at radius 1 is 1.50 bits per heavy atom. The molecule has 1 aliphatic rings. The van der Waals surface area contributed by atoms with E-state index in [1.165, 1.54) is 17.0 Å². The van der Waals surface area contributed by atoms with Gasteiger partial charge in [-0.3, -0.25) is 0 Å². The molecule has 2 N–H and O–H groups in total. The SMILES string of the molecule is CC1Cc2nc([C@@H](C)N)sc2C(C)C1. The van der Waals surface area contributed by atoms with Crippen molar-refractivity contribution in [1.82, 2.24) is 4.98 Å². The van der Waals surface area contributed by atoms with Gasteiger partial charge in [-0.05, 0) is 31.6 Å². The molecule has 1 aliphatic carbocycles. The third-order valence-electron chi connectivity index (χ3n) is 2.88. The van der Waals surface area contributed by atoms with Gasteiger partial charge in [0.05, 0.1) is 11.7 Å². The molecule has 0 bridgehead atoms. The van der Waals surface area contributed by atoms with Crippen LogP contribution in [0.4, 0.5) is 0 Å². The van der Waals surface area contributed by atoms with E-state index in [0.717, 1.165) is 17.3 Å². The Hall–Kier alpha value is -0.410. The van der Waals surface area contributed by atoms with E-state index in [2.05, 4.69) is 18.8 Å². The third kappa shape index (κ3) is 1.71. The minimum Gasteiger partial charge on any atom is -0.322 e. The van der Waals surface area contributed by atoms with Gasteiger partial charge in [-0.25, -0.2) is 4.98 Å². The molecule has 1 aromatic rings. The molecular formula is C11H18N2S. The molecule has 0 saturated heterocycles. The number of rotatable bonds is 1. The number of fused-ring (bicyclic) bond motifs is 1. The van der Waals surface area contributed by atoms with Crippen LogP contribution in [0.1, 0.15) is 54.7 Å². The number of nitrogens with two attached hydrogens (primary N) is 1. The maximum absolute atomic E-state index is 5.85. The first-order valence-electron chi connectivity index (χ1n) is 5.33. The van der Waals surface area contributed by atoms with Crippen molar-refractivity contribution < 1.29 is 0 Å². The molecule has 2 rings (SSSR count). The molecule has 0 aromatic carbocycles. The van der Waals surface area contributed by atoms with Crippen LogP contribution >= 0.6 is 11.3 Å². The second-order valence-electron chi connectivity index (χ2n) is 4.60. The fourth-order valence-electron chi connectivity index (χ4n) is 2.23. The predicted molar refractivity (Wildman–Crippen MR) is 60.6 cm³/mol. The molecule has 1 aromatic heterocycles. The van der Waals surface area contributed by atoms with E-state index in [1.807, 2.05) is 18.3 Å². The number of nitrogens with zero attached hydrogens (tertiary/aromatic N) is 1. The van der Waals surface area contributed by atoms with E-state index in [4.69, 9.17) is 5.73 Å². The summed E-state index contributed by atoms with van der Waals surface area (Å²) in [6, 6.07) is 0.0908. The summed E-state index contributed by atoms with van der Waals surface area (Å²) in [4.78, 5) is 6.13. The monoisotopic (exact) mass is 210 g/mol. The smallest absolute Gasteiger partial charge is 0.110 e.